The predicted octanol–water partition coefficient (Wildman–Crippen LogP) is 1.92. The number of rotatable bonds is 2. The van der Waals surface area contributed by atoms with Gasteiger partial charge in [0.1, 0.15) is 0 Å². The van der Waals surface area contributed by atoms with E-state index in [1.54, 1.807) is 12.1 Å². The second-order valence-corrected chi connectivity index (χ2v) is 4.77. The molecule has 6 heteroatoms. The maximum Gasteiger partial charge on any atom is 0.267 e. The number of anilines is 2. The number of carbonyl (C=O) groups is 1. The minimum absolute atomic E-state index is 0.184. The van der Waals surface area contributed by atoms with E-state index in [1.807, 2.05) is 13.8 Å². The summed E-state index contributed by atoms with van der Waals surface area (Å²) in [7, 11) is 0. The summed E-state index contributed by atoms with van der Waals surface area (Å²) in [5.74, 6) is 0.337. The number of aromatic amines is 1. The standard InChI is InChI=1S/C10H12N4OS/c1-5-3-9(14-13-5)12-10(15)8-4-7(11)6(2)16-8/h3-4H,11H2,1-2H3,(H2,12,13,14,15). The summed E-state index contributed by atoms with van der Waals surface area (Å²) in [4.78, 5) is 13.3. The number of hydrogen-bond donors (Lipinski definition) is 3. The van der Waals surface area contributed by atoms with Crippen LogP contribution in [0.15, 0.2) is 12.1 Å². The first-order valence-corrected chi connectivity index (χ1v) is 5.57. The molecule has 2 aromatic rings. The number of hydrogen-bond acceptors (Lipinski definition) is 4. The fourth-order valence-corrected chi connectivity index (χ4v) is 2.10. The molecule has 0 saturated carbocycles. The molecule has 0 unspecified atom stereocenters. The van der Waals surface area contributed by atoms with E-state index in [9.17, 15) is 4.79 Å². The second-order valence-electron chi connectivity index (χ2n) is 3.51. The summed E-state index contributed by atoms with van der Waals surface area (Å²) in [6, 6.07) is 3.44. The van der Waals surface area contributed by atoms with E-state index >= 15 is 0 Å². The highest BCUT2D eigenvalue weighted by Gasteiger charge is 2.12. The Morgan fingerprint density at radius 1 is 1.50 bits per heavy atom. The van der Waals surface area contributed by atoms with Crippen molar-refractivity contribution in [3.63, 3.8) is 0 Å². The molecule has 84 valence electrons. The number of thiophene rings is 1. The third-order valence-electron chi connectivity index (χ3n) is 2.13. The zero-order valence-electron chi connectivity index (χ0n) is 9.00. The van der Waals surface area contributed by atoms with E-state index < -0.39 is 0 Å². The average molecular weight is 236 g/mol. The Balaban J connectivity index is 2.14. The van der Waals surface area contributed by atoms with Gasteiger partial charge in [-0.2, -0.15) is 5.10 Å². The zero-order chi connectivity index (χ0) is 11.7. The van der Waals surface area contributed by atoms with Gasteiger partial charge in [-0.15, -0.1) is 11.3 Å². The first-order chi connectivity index (χ1) is 7.56. The lowest BCUT2D eigenvalue weighted by molar-refractivity contribution is 0.103. The third kappa shape index (κ3) is 2.06. The van der Waals surface area contributed by atoms with Gasteiger partial charge in [0, 0.05) is 22.3 Å². The maximum atomic E-state index is 11.8. The minimum atomic E-state index is -0.184. The third-order valence-corrected chi connectivity index (χ3v) is 3.19. The number of nitrogen functional groups attached to an aromatic ring is 1. The lowest BCUT2D eigenvalue weighted by Gasteiger charge is -1.97. The molecule has 0 bridgehead atoms. The van der Waals surface area contributed by atoms with Crippen LogP contribution in [-0.2, 0) is 0 Å². The molecule has 2 rings (SSSR count). The molecule has 16 heavy (non-hydrogen) atoms. The summed E-state index contributed by atoms with van der Waals surface area (Å²) >= 11 is 1.37. The van der Waals surface area contributed by atoms with E-state index in [0.717, 1.165) is 10.6 Å². The van der Waals surface area contributed by atoms with Gasteiger partial charge >= 0.3 is 0 Å². The molecule has 4 N–H and O–H groups in total. The van der Waals surface area contributed by atoms with Crippen LogP contribution >= 0.6 is 11.3 Å². The monoisotopic (exact) mass is 236 g/mol. The van der Waals surface area contributed by atoms with E-state index in [4.69, 9.17) is 5.73 Å². The van der Waals surface area contributed by atoms with Gasteiger partial charge in [-0.1, -0.05) is 0 Å². The molecule has 0 aliphatic carbocycles. The summed E-state index contributed by atoms with van der Waals surface area (Å²) in [5.41, 5.74) is 7.23. The lowest BCUT2D eigenvalue weighted by atomic mass is 10.3. The number of nitrogens with two attached hydrogens (primary N) is 1. The summed E-state index contributed by atoms with van der Waals surface area (Å²) in [6.07, 6.45) is 0. The van der Waals surface area contributed by atoms with Crippen LogP contribution in [0.25, 0.3) is 0 Å². The largest absolute Gasteiger partial charge is 0.398 e. The van der Waals surface area contributed by atoms with Gasteiger partial charge in [0.15, 0.2) is 5.82 Å². The molecular formula is C10H12N4OS. The highest BCUT2D eigenvalue weighted by atomic mass is 32.1. The Kier molecular flexibility index (Phi) is 2.66. The van der Waals surface area contributed by atoms with Crippen molar-refractivity contribution in [1.82, 2.24) is 10.2 Å². The number of aromatic nitrogens is 2. The SMILES string of the molecule is Cc1cc(NC(=O)c2cc(N)c(C)s2)n[nH]1. The van der Waals surface area contributed by atoms with Crippen molar-refractivity contribution in [2.75, 3.05) is 11.1 Å². The Labute approximate surface area is 96.7 Å². The molecule has 0 radical (unpaired) electrons. The topological polar surface area (TPSA) is 83.8 Å². The Morgan fingerprint density at radius 2 is 2.25 bits per heavy atom. The van der Waals surface area contributed by atoms with Crippen molar-refractivity contribution < 1.29 is 4.79 Å². The Morgan fingerprint density at radius 3 is 2.75 bits per heavy atom. The highest BCUT2D eigenvalue weighted by Crippen LogP contribution is 2.24. The van der Waals surface area contributed by atoms with Crippen molar-refractivity contribution in [2.45, 2.75) is 13.8 Å². The number of H-pyrrole nitrogens is 1. The van der Waals surface area contributed by atoms with Crippen LogP contribution in [0.4, 0.5) is 11.5 Å². The van der Waals surface area contributed by atoms with Crippen molar-refractivity contribution in [3.8, 4) is 0 Å². The van der Waals surface area contributed by atoms with Gasteiger partial charge in [-0.25, -0.2) is 0 Å². The summed E-state index contributed by atoms with van der Waals surface area (Å²) in [6.45, 7) is 3.76. The van der Waals surface area contributed by atoms with Crippen LogP contribution in [0, 0.1) is 13.8 Å². The van der Waals surface area contributed by atoms with Crippen molar-refractivity contribution in [1.29, 1.82) is 0 Å². The molecule has 2 heterocycles. The Bertz CT molecular complexity index is 509. The smallest absolute Gasteiger partial charge is 0.267 e. The van der Waals surface area contributed by atoms with Crippen LogP contribution in [-0.4, -0.2) is 16.1 Å². The average Bonchev–Trinajstić information content (AvgIpc) is 2.75. The van der Waals surface area contributed by atoms with Gasteiger partial charge in [-0.05, 0) is 19.9 Å². The minimum Gasteiger partial charge on any atom is -0.398 e. The molecule has 0 fully saturated rings. The molecular weight excluding hydrogens is 224 g/mol. The van der Waals surface area contributed by atoms with E-state index in [2.05, 4.69) is 15.5 Å². The number of carbonyl (C=O) groups excluding carboxylic acids is 1. The summed E-state index contributed by atoms with van der Waals surface area (Å²) in [5, 5.41) is 9.38. The zero-order valence-corrected chi connectivity index (χ0v) is 9.81. The number of amides is 1. The Hall–Kier alpha value is -1.82. The van der Waals surface area contributed by atoms with Crippen molar-refractivity contribution >= 4 is 28.7 Å². The summed E-state index contributed by atoms with van der Waals surface area (Å²) < 4.78 is 0. The molecule has 0 aromatic carbocycles. The van der Waals surface area contributed by atoms with Crippen LogP contribution in [0.1, 0.15) is 20.2 Å². The van der Waals surface area contributed by atoms with Gasteiger partial charge in [0.25, 0.3) is 5.91 Å². The van der Waals surface area contributed by atoms with Gasteiger partial charge in [0.05, 0.1) is 4.88 Å². The number of aryl methyl sites for hydroxylation is 2. The molecule has 0 spiro atoms. The second kappa shape index (κ2) is 3.97. The fraction of sp³-hybridized carbons (Fsp3) is 0.200. The number of nitrogens with zero attached hydrogens (tertiary/aromatic N) is 1. The van der Waals surface area contributed by atoms with E-state index in [-0.39, 0.29) is 5.91 Å². The van der Waals surface area contributed by atoms with Gasteiger partial charge in [0.2, 0.25) is 0 Å². The fourth-order valence-electron chi connectivity index (χ4n) is 1.27. The molecule has 1 amide bonds. The predicted molar refractivity (Wildman–Crippen MR) is 64.7 cm³/mol. The number of nitrogens with one attached hydrogen (secondary N) is 2. The molecule has 0 aliphatic rings. The normalized spacial score (nSPS) is 10.4. The molecule has 5 nitrogen and oxygen atoms in total. The molecule has 0 saturated heterocycles. The van der Waals surface area contributed by atoms with Crippen molar-refractivity contribution in [2.24, 2.45) is 0 Å². The van der Waals surface area contributed by atoms with Crippen LogP contribution in [0.5, 0.6) is 0 Å². The molecule has 2 aromatic heterocycles. The van der Waals surface area contributed by atoms with Crippen LogP contribution < -0.4 is 11.1 Å². The van der Waals surface area contributed by atoms with Crippen molar-refractivity contribution in [3.05, 3.63) is 27.6 Å². The van der Waals surface area contributed by atoms with Gasteiger partial charge < -0.3 is 11.1 Å². The first kappa shape index (κ1) is 10.7. The molecule has 0 atom stereocenters. The first-order valence-electron chi connectivity index (χ1n) is 4.75. The van der Waals surface area contributed by atoms with E-state index in [0.29, 0.717) is 16.4 Å². The van der Waals surface area contributed by atoms with E-state index in [1.165, 1.54) is 11.3 Å². The van der Waals surface area contributed by atoms with Crippen LogP contribution in [0.3, 0.4) is 0 Å². The molecule has 0 aliphatic heterocycles. The quantitative estimate of drug-likeness (QED) is 0.744. The highest BCUT2D eigenvalue weighted by molar-refractivity contribution is 7.14. The maximum absolute atomic E-state index is 11.8. The van der Waals surface area contributed by atoms with Crippen LogP contribution in [0.2, 0.25) is 0 Å². The lowest BCUT2D eigenvalue weighted by Crippen LogP contribution is -2.10. The van der Waals surface area contributed by atoms with Gasteiger partial charge in [-0.3, -0.25) is 9.89 Å².